The number of amides is 1. The van der Waals surface area contributed by atoms with Gasteiger partial charge in [0.05, 0.1) is 17.1 Å². The van der Waals surface area contributed by atoms with Crippen LogP contribution in [-0.4, -0.2) is 53.4 Å². The van der Waals surface area contributed by atoms with Gasteiger partial charge in [-0.15, -0.1) is 0 Å². The fourth-order valence-corrected chi connectivity index (χ4v) is 4.54. The standard InChI is InChI=1S/C33H44Cl2N6O/c1-7-9-30-10-8-17-38-32(30)27(5)41(19-16-25(3)40(6)23-36)22-29-13-11-28(12-14-29)15-18-39-33(42)26(4)31(35)21-37-20-24(2)34/h8,10-14,17,20-21,23,27,36H,3,7,9,15-16,18-19,22H2,1-2,4-6H3,(H,39,42)/b24-20+,31-26-,36-23?,37-21+. The molecule has 1 amide bonds. The molecule has 2 N–H and O–H groups in total. The Morgan fingerprint density at radius 3 is 2.50 bits per heavy atom. The summed E-state index contributed by atoms with van der Waals surface area (Å²) in [5, 5.41) is 11.3. The molecule has 0 radical (unpaired) electrons. The number of nitrogens with zero attached hydrogens (tertiary/aromatic N) is 4. The number of allylic oxidation sites excluding steroid dienone is 2. The van der Waals surface area contributed by atoms with Crippen LogP contribution in [0.4, 0.5) is 0 Å². The third kappa shape index (κ3) is 11.6. The van der Waals surface area contributed by atoms with Gasteiger partial charge in [-0.2, -0.15) is 0 Å². The number of aromatic nitrogens is 1. The van der Waals surface area contributed by atoms with E-state index in [1.54, 1.807) is 18.7 Å². The van der Waals surface area contributed by atoms with Crippen molar-refractivity contribution in [2.75, 3.05) is 20.1 Å². The summed E-state index contributed by atoms with van der Waals surface area (Å²) in [6, 6.07) is 12.8. The zero-order chi connectivity index (χ0) is 31.1. The number of benzene rings is 1. The molecule has 0 aliphatic heterocycles. The lowest BCUT2D eigenvalue weighted by atomic mass is 10.0. The van der Waals surface area contributed by atoms with Gasteiger partial charge < -0.3 is 10.2 Å². The predicted octanol–water partition coefficient (Wildman–Crippen LogP) is 7.38. The minimum atomic E-state index is -0.230. The van der Waals surface area contributed by atoms with Crippen LogP contribution in [0.15, 0.2) is 81.7 Å². The molecule has 0 bridgehead atoms. The monoisotopic (exact) mass is 610 g/mol. The zero-order valence-electron chi connectivity index (χ0n) is 25.5. The molecular weight excluding hydrogens is 567 g/mol. The molecule has 1 aromatic heterocycles. The molecule has 226 valence electrons. The van der Waals surface area contributed by atoms with Crippen molar-refractivity contribution in [1.29, 1.82) is 5.41 Å². The van der Waals surface area contributed by atoms with Gasteiger partial charge in [0.15, 0.2) is 0 Å². The molecule has 2 aromatic rings. The lowest BCUT2D eigenvalue weighted by Crippen LogP contribution is -2.30. The Hall–Kier alpha value is -3.26. The number of rotatable bonds is 17. The normalized spacial score (nSPS) is 13.2. The van der Waals surface area contributed by atoms with Gasteiger partial charge in [-0.05, 0) is 62.8 Å². The Bertz CT molecular complexity index is 1280. The molecule has 42 heavy (non-hydrogen) atoms. The van der Waals surface area contributed by atoms with Gasteiger partial charge >= 0.3 is 0 Å². The number of halogens is 2. The van der Waals surface area contributed by atoms with E-state index in [4.69, 9.17) is 33.6 Å². The molecule has 0 saturated carbocycles. The van der Waals surface area contributed by atoms with E-state index in [9.17, 15) is 4.79 Å². The van der Waals surface area contributed by atoms with Gasteiger partial charge in [-0.1, -0.05) is 73.5 Å². The van der Waals surface area contributed by atoms with Crippen molar-refractivity contribution >= 4 is 41.7 Å². The molecule has 1 heterocycles. The van der Waals surface area contributed by atoms with Gasteiger partial charge in [0.2, 0.25) is 5.91 Å². The Balaban J connectivity index is 2.08. The van der Waals surface area contributed by atoms with Crippen LogP contribution in [0.5, 0.6) is 0 Å². The Morgan fingerprint density at radius 1 is 1.17 bits per heavy atom. The smallest absolute Gasteiger partial charge is 0.248 e. The first-order valence-corrected chi connectivity index (χ1v) is 15.0. The van der Waals surface area contributed by atoms with Crippen molar-refractivity contribution in [3.8, 4) is 0 Å². The predicted molar refractivity (Wildman–Crippen MR) is 177 cm³/mol. The minimum absolute atomic E-state index is 0.115. The fraction of sp³-hybridized carbons (Fsp3) is 0.394. The van der Waals surface area contributed by atoms with Crippen LogP contribution in [0.2, 0.25) is 0 Å². The zero-order valence-corrected chi connectivity index (χ0v) is 27.0. The average Bonchev–Trinajstić information content (AvgIpc) is 2.98. The van der Waals surface area contributed by atoms with Crippen molar-refractivity contribution in [2.45, 2.75) is 66.0 Å². The lowest BCUT2D eigenvalue weighted by Gasteiger charge is -2.31. The molecule has 9 heteroatoms. The second-order valence-electron chi connectivity index (χ2n) is 10.3. The van der Waals surface area contributed by atoms with Crippen LogP contribution in [0.1, 0.15) is 69.0 Å². The third-order valence-electron chi connectivity index (χ3n) is 7.02. The molecule has 7 nitrogen and oxygen atoms in total. The highest BCUT2D eigenvalue weighted by Gasteiger charge is 2.20. The largest absolute Gasteiger partial charge is 0.352 e. The Kier molecular flexibility index (Phi) is 15.2. The first-order chi connectivity index (χ1) is 20.1. The molecule has 0 aliphatic rings. The van der Waals surface area contributed by atoms with Crippen molar-refractivity contribution in [2.24, 2.45) is 4.99 Å². The topological polar surface area (TPSA) is 84.7 Å². The SMILES string of the molecule is C=C(CCN(Cc1ccc(CCNC(=O)/C(C)=C(Cl)/C=N/C=C(\C)Cl)cc1)C(C)c1ncccc1CCC)N(C)C=N. The minimum Gasteiger partial charge on any atom is -0.352 e. The van der Waals surface area contributed by atoms with Crippen molar-refractivity contribution in [1.82, 2.24) is 20.1 Å². The molecule has 1 unspecified atom stereocenters. The van der Waals surface area contributed by atoms with Crippen molar-refractivity contribution < 1.29 is 4.79 Å². The maximum absolute atomic E-state index is 12.5. The van der Waals surface area contributed by atoms with Crippen LogP contribution in [-0.2, 0) is 24.2 Å². The number of hydrogen-bond acceptors (Lipinski definition) is 5. The van der Waals surface area contributed by atoms with E-state index in [-0.39, 0.29) is 17.0 Å². The number of carbonyl (C=O) groups is 1. The summed E-state index contributed by atoms with van der Waals surface area (Å²) in [6.45, 7) is 14.0. The van der Waals surface area contributed by atoms with Crippen molar-refractivity contribution in [3.05, 3.63) is 99.1 Å². The van der Waals surface area contributed by atoms with Gasteiger partial charge in [0.25, 0.3) is 0 Å². The molecule has 1 atom stereocenters. The highest BCUT2D eigenvalue weighted by molar-refractivity contribution is 6.41. The summed E-state index contributed by atoms with van der Waals surface area (Å²) in [6.07, 6.45) is 9.54. The van der Waals surface area contributed by atoms with E-state index in [0.29, 0.717) is 23.6 Å². The second kappa shape index (κ2) is 18.3. The fourth-order valence-electron chi connectivity index (χ4n) is 4.34. The number of aliphatic imine (C=N–C) groups is 1. The second-order valence-corrected chi connectivity index (χ2v) is 11.3. The van der Waals surface area contributed by atoms with E-state index in [1.165, 1.54) is 29.9 Å². The first-order valence-electron chi connectivity index (χ1n) is 14.2. The van der Waals surface area contributed by atoms with Gasteiger partial charge in [-0.3, -0.25) is 25.1 Å². The first kappa shape index (κ1) is 34.9. The number of pyridine rings is 1. The van der Waals surface area contributed by atoms with Gasteiger partial charge in [0, 0.05) is 67.6 Å². The van der Waals surface area contributed by atoms with E-state index in [2.05, 4.69) is 66.0 Å². The molecular formula is C33H44Cl2N6O. The van der Waals surface area contributed by atoms with E-state index >= 15 is 0 Å². The van der Waals surface area contributed by atoms with Crippen LogP contribution in [0.25, 0.3) is 0 Å². The summed E-state index contributed by atoms with van der Waals surface area (Å²) < 4.78 is 0. The summed E-state index contributed by atoms with van der Waals surface area (Å²) in [4.78, 5) is 25.4. The van der Waals surface area contributed by atoms with Crippen LogP contribution in [0, 0.1) is 5.41 Å². The van der Waals surface area contributed by atoms with Gasteiger partial charge in [0.1, 0.15) is 0 Å². The number of nitrogens with one attached hydrogen (secondary N) is 2. The average molecular weight is 612 g/mol. The molecule has 0 spiro atoms. The van der Waals surface area contributed by atoms with Gasteiger partial charge in [-0.25, -0.2) is 0 Å². The van der Waals surface area contributed by atoms with Crippen LogP contribution in [0.3, 0.4) is 0 Å². The number of carbonyl (C=O) groups excluding carboxylic acids is 1. The summed E-state index contributed by atoms with van der Waals surface area (Å²) in [5.41, 5.74) is 6.02. The Labute approximate surface area is 261 Å². The maximum Gasteiger partial charge on any atom is 0.248 e. The van der Waals surface area contributed by atoms with E-state index in [1.807, 2.05) is 19.3 Å². The summed E-state index contributed by atoms with van der Waals surface area (Å²) in [5.74, 6) is -0.230. The van der Waals surface area contributed by atoms with Crippen LogP contribution >= 0.6 is 23.2 Å². The molecule has 0 saturated heterocycles. The van der Waals surface area contributed by atoms with Crippen molar-refractivity contribution in [3.63, 3.8) is 0 Å². The molecule has 0 aliphatic carbocycles. The lowest BCUT2D eigenvalue weighted by molar-refractivity contribution is -0.117. The summed E-state index contributed by atoms with van der Waals surface area (Å²) in [7, 11) is 1.85. The maximum atomic E-state index is 12.5. The number of hydrogen-bond donors (Lipinski definition) is 2. The quantitative estimate of drug-likeness (QED) is 0.111. The number of aryl methyl sites for hydroxylation is 1. The molecule has 1 aromatic carbocycles. The summed E-state index contributed by atoms with van der Waals surface area (Å²) >= 11 is 11.9. The van der Waals surface area contributed by atoms with E-state index < -0.39 is 0 Å². The molecule has 0 fully saturated rings. The van der Waals surface area contributed by atoms with E-state index in [0.717, 1.165) is 49.3 Å². The highest BCUT2D eigenvalue weighted by atomic mass is 35.5. The Morgan fingerprint density at radius 2 is 1.86 bits per heavy atom. The third-order valence-corrected chi connectivity index (χ3v) is 7.49. The van der Waals surface area contributed by atoms with Crippen LogP contribution < -0.4 is 5.32 Å². The highest BCUT2D eigenvalue weighted by Crippen LogP contribution is 2.26. The molecule has 2 rings (SSSR count).